The van der Waals surface area contributed by atoms with Gasteiger partial charge in [-0.25, -0.2) is 13.1 Å². The molecule has 0 fully saturated rings. The van der Waals surface area contributed by atoms with Crippen molar-refractivity contribution in [1.29, 1.82) is 0 Å². The van der Waals surface area contributed by atoms with Gasteiger partial charge in [-0.1, -0.05) is 12.1 Å². The van der Waals surface area contributed by atoms with Crippen molar-refractivity contribution >= 4 is 27.5 Å². The van der Waals surface area contributed by atoms with Crippen LogP contribution in [0.25, 0.3) is 0 Å². The monoisotopic (exact) mass is 290 g/mol. The van der Waals surface area contributed by atoms with Gasteiger partial charge in [-0.15, -0.1) is 11.8 Å². The molecular formula is C11H18N2O3S2. The van der Waals surface area contributed by atoms with Gasteiger partial charge in [0, 0.05) is 22.4 Å². The zero-order chi connectivity index (χ0) is 13.6. The molecule has 0 aromatic heterocycles. The van der Waals surface area contributed by atoms with E-state index in [0.717, 1.165) is 4.90 Å². The Hall–Kier alpha value is -0.760. The van der Waals surface area contributed by atoms with E-state index in [1.807, 2.05) is 18.2 Å². The molecule has 1 rings (SSSR count). The Morgan fingerprint density at radius 2 is 2.11 bits per heavy atom. The van der Waals surface area contributed by atoms with Gasteiger partial charge in [0.15, 0.2) is 0 Å². The number of rotatable bonds is 7. The standard InChI is InChI=1S/C11H18N2O3S2/c1-9(8-14)13-18(15,16)7-6-17-11-5-3-2-4-10(11)12/h2-5,9,13-14H,6-8,12H2,1H3/t9-/m1/s1. The number of hydrogen-bond donors (Lipinski definition) is 3. The van der Waals surface area contributed by atoms with Crippen molar-refractivity contribution in [2.45, 2.75) is 17.9 Å². The molecule has 1 atom stereocenters. The normalized spacial score (nSPS) is 13.4. The summed E-state index contributed by atoms with van der Waals surface area (Å²) in [6.45, 7) is 1.40. The van der Waals surface area contributed by atoms with Crippen LogP contribution in [-0.4, -0.2) is 37.7 Å². The topological polar surface area (TPSA) is 92.4 Å². The smallest absolute Gasteiger partial charge is 0.212 e. The van der Waals surface area contributed by atoms with Crippen molar-refractivity contribution in [2.75, 3.05) is 23.8 Å². The number of para-hydroxylation sites is 1. The second kappa shape index (κ2) is 6.98. The van der Waals surface area contributed by atoms with Crippen molar-refractivity contribution in [2.24, 2.45) is 0 Å². The van der Waals surface area contributed by atoms with Crippen LogP contribution >= 0.6 is 11.8 Å². The Morgan fingerprint density at radius 3 is 2.72 bits per heavy atom. The van der Waals surface area contributed by atoms with Crippen molar-refractivity contribution in [3.05, 3.63) is 24.3 Å². The summed E-state index contributed by atoms with van der Waals surface area (Å²) < 4.78 is 25.6. The van der Waals surface area contributed by atoms with E-state index in [1.165, 1.54) is 11.8 Å². The van der Waals surface area contributed by atoms with Crippen LogP contribution in [0.4, 0.5) is 5.69 Å². The van der Waals surface area contributed by atoms with Gasteiger partial charge in [-0.3, -0.25) is 0 Å². The zero-order valence-electron chi connectivity index (χ0n) is 10.2. The van der Waals surface area contributed by atoms with Crippen LogP contribution in [0.15, 0.2) is 29.2 Å². The summed E-state index contributed by atoms with van der Waals surface area (Å²) in [6.07, 6.45) is 0. The van der Waals surface area contributed by atoms with Gasteiger partial charge in [0.25, 0.3) is 0 Å². The van der Waals surface area contributed by atoms with Crippen LogP contribution in [0, 0.1) is 0 Å². The number of nitrogens with one attached hydrogen (secondary N) is 1. The molecule has 5 nitrogen and oxygen atoms in total. The van der Waals surface area contributed by atoms with Gasteiger partial charge < -0.3 is 10.8 Å². The van der Waals surface area contributed by atoms with Crippen LogP contribution < -0.4 is 10.5 Å². The summed E-state index contributed by atoms with van der Waals surface area (Å²) in [4.78, 5) is 0.878. The van der Waals surface area contributed by atoms with Crippen LogP contribution in [0.1, 0.15) is 6.92 Å². The Kier molecular flexibility index (Phi) is 5.94. The van der Waals surface area contributed by atoms with E-state index >= 15 is 0 Å². The highest BCUT2D eigenvalue weighted by Gasteiger charge is 2.13. The quantitative estimate of drug-likeness (QED) is 0.507. The minimum atomic E-state index is -3.35. The number of aliphatic hydroxyl groups is 1. The van der Waals surface area contributed by atoms with E-state index in [9.17, 15) is 8.42 Å². The van der Waals surface area contributed by atoms with E-state index < -0.39 is 16.1 Å². The van der Waals surface area contributed by atoms with Crippen LogP contribution in [0.3, 0.4) is 0 Å². The molecular weight excluding hydrogens is 272 g/mol. The first kappa shape index (κ1) is 15.3. The molecule has 7 heteroatoms. The molecule has 0 bridgehead atoms. The van der Waals surface area contributed by atoms with Crippen molar-refractivity contribution < 1.29 is 13.5 Å². The summed E-state index contributed by atoms with van der Waals surface area (Å²) in [5.41, 5.74) is 6.40. The Balaban J connectivity index is 2.44. The Bertz CT molecular complexity index is 477. The fourth-order valence-electron chi connectivity index (χ4n) is 1.28. The molecule has 0 aliphatic heterocycles. The largest absolute Gasteiger partial charge is 0.398 e. The molecule has 0 unspecified atom stereocenters. The molecule has 0 radical (unpaired) electrons. The number of thioether (sulfide) groups is 1. The first-order chi connectivity index (χ1) is 8.44. The third-order valence-electron chi connectivity index (χ3n) is 2.18. The second-order valence-corrected chi connectivity index (χ2v) is 6.92. The van der Waals surface area contributed by atoms with Crippen molar-refractivity contribution in [1.82, 2.24) is 4.72 Å². The molecule has 18 heavy (non-hydrogen) atoms. The third-order valence-corrected chi connectivity index (χ3v) is 5.04. The average molecular weight is 290 g/mol. The second-order valence-electron chi connectivity index (χ2n) is 3.91. The van der Waals surface area contributed by atoms with E-state index in [1.54, 1.807) is 13.0 Å². The van der Waals surface area contributed by atoms with Crippen molar-refractivity contribution in [3.8, 4) is 0 Å². The van der Waals surface area contributed by atoms with Crippen molar-refractivity contribution in [3.63, 3.8) is 0 Å². The fraction of sp³-hybridized carbons (Fsp3) is 0.455. The maximum atomic E-state index is 11.6. The summed E-state index contributed by atoms with van der Waals surface area (Å²) >= 11 is 1.40. The first-order valence-electron chi connectivity index (χ1n) is 5.53. The molecule has 1 aromatic rings. The van der Waals surface area contributed by atoms with Gasteiger partial charge in [0.2, 0.25) is 10.0 Å². The lowest BCUT2D eigenvalue weighted by Gasteiger charge is -2.11. The van der Waals surface area contributed by atoms with Crippen LogP contribution in [0.5, 0.6) is 0 Å². The molecule has 0 amide bonds. The fourth-order valence-corrected chi connectivity index (χ4v) is 3.92. The lowest BCUT2D eigenvalue weighted by molar-refractivity contribution is 0.265. The molecule has 0 saturated heterocycles. The summed E-state index contributed by atoms with van der Waals surface area (Å²) in [6, 6.07) is 6.88. The number of sulfonamides is 1. The molecule has 0 aliphatic carbocycles. The van der Waals surface area contributed by atoms with E-state index in [-0.39, 0.29) is 12.4 Å². The number of nitrogens with two attached hydrogens (primary N) is 1. The third kappa shape index (κ3) is 5.26. The van der Waals surface area contributed by atoms with Gasteiger partial charge in [-0.2, -0.15) is 0 Å². The van der Waals surface area contributed by atoms with Gasteiger partial charge in [0.1, 0.15) is 0 Å². The molecule has 0 aliphatic rings. The summed E-state index contributed by atoms with van der Waals surface area (Å²) in [7, 11) is -3.35. The van der Waals surface area contributed by atoms with Gasteiger partial charge >= 0.3 is 0 Å². The average Bonchev–Trinajstić information content (AvgIpc) is 2.30. The highest BCUT2D eigenvalue weighted by Crippen LogP contribution is 2.24. The number of anilines is 1. The zero-order valence-corrected chi connectivity index (χ0v) is 11.8. The molecule has 0 saturated carbocycles. The minimum absolute atomic E-state index is 0.00363. The maximum Gasteiger partial charge on any atom is 0.212 e. The summed E-state index contributed by atoms with van der Waals surface area (Å²) in [5.74, 6) is 0.415. The maximum absolute atomic E-state index is 11.6. The minimum Gasteiger partial charge on any atom is -0.398 e. The summed E-state index contributed by atoms with van der Waals surface area (Å²) in [5, 5.41) is 8.79. The Morgan fingerprint density at radius 1 is 1.44 bits per heavy atom. The van der Waals surface area contributed by atoms with E-state index in [0.29, 0.717) is 11.4 Å². The van der Waals surface area contributed by atoms with E-state index in [4.69, 9.17) is 10.8 Å². The molecule has 1 aromatic carbocycles. The number of benzene rings is 1. The SMILES string of the molecule is C[C@H](CO)NS(=O)(=O)CCSc1ccccc1N. The molecule has 102 valence electrons. The molecule has 0 spiro atoms. The lowest BCUT2D eigenvalue weighted by Crippen LogP contribution is -2.37. The van der Waals surface area contributed by atoms with Gasteiger partial charge in [0.05, 0.1) is 12.4 Å². The number of hydrogen-bond acceptors (Lipinski definition) is 5. The highest BCUT2D eigenvalue weighted by atomic mass is 32.2. The lowest BCUT2D eigenvalue weighted by atomic mass is 10.3. The first-order valence-corrected chi connectivity index (χ1v) is 8.16. The predicted molar refractivity (Wildman–Crippen MR) is 75.0 cm³/mol. The number of nitrogen functional groups attached to an aromatic ring is 1. The highest BCUT2D eigenvalue weighted by molar-refractivity contribution is 8.00. The molecule has 0 heterocycles. The van der Waals surface area contributed by atoms with Crippen LogP contribution in [-0.2, 0) is 10.0 Å². The predicted octanol–water partition coefficient (Wildman–Crippen LogP) is 0.661. The molecule has 4 N–H and O–H groups in total. The van der Waals surface area contributed by atoms with Gasteiger partial charge in [-0.05, 0) is 19.1 Å². The van der Waals surface area contributed by atoms with E-state index in [2.05, 4.69) is 4.72 Å². The van der Waals surface area contributed by atoms with Crippen LogP contribution in [0.2, 0.25) is 0 Å². The number of aliphatic hydroxyl groups excluding tert-OH is 1. The Labute approximate surface area is 112 Å².